The van der Waals surface area contributed by atoms with E-state index < -0.39 is 0 Å². The van der Waals surface area contributed by atoms with Crippen molar-refractivity contribution >= 4 is 5.69 Å². The molecule has 1 aromatic rings. The second kappa shape index (κ2) is 5.21. The molecule has 0 spiro atoms. The van der Waals surface area contributed by atoms with Crippen LogP contribution in [-0.4, -0.2) is 31.9 Å². The maximum Gasteiger partial charge on any atom is 0.122 e. The predicted octanol–water partition coefficient (Wildman–Crippen LogP) is 1.83. The third-order valence-corrected chi connectivity index (χ3v) is 3.12. The molecule has 1 aromatic carbocycles. The molecule has 0 atom stereocenters. The lowest BCUT2D eigenvalue weighted by molar-refractivity contribution is 0.296. The van der Waals surface area contributed by atoms with Crippen molar-refractivity contribution in [3.8, 4) is 5.75 Å². The van der Waals surface area contributed by atoms with Gasteiger partial charge in [-0.2, -0.15) is 0 Å². The van der Waals surface area contributed by atoms with E-state index in [4.69, 9.17) is 9.84 Å². The summed E-state index contributed by atoms with van der Waals surface area (Å²) in [6.45, 7) is 2.45. The fraction of sp³-hybridized carbons (Fsp3) is 0.538. The Kier molecular flexibility index (Phi) is 3.67. The molecule has 0 bridgehead atoms. The van der Waals surface area contributed by atoms with Crippen LogP contribution in [0.3, 0.4) is 0 Å². The average molecular weight is 221 g/mol. The van der Waals surface area contributed by atoms with Crippen LogP contribution in [0.4, 0.5) is 5.69 Å². The number of aliphatic hydroxyl groups excluding tert-OH is 1. The summed E-state index contributed by atoms with van der Waals surface area (Å²) in [6, 6.07) is 6.24. The molecule has 88 valence electrons. The molecule has 0 radical (unpaired) electrons. The Morgan fingerprint density at radius 2 is 2.06 bits per heavy atom. The van der Waals surface area contributed by atoms with Crippen molar-refractivity contribution in [3.63, 3.8) is 0 Å². The van der Waals surface area contributed by atoms with Crippen LogP contribution in [0.2, 0.25) is 0 Å². The summed E-state index contributed by atoms with van der Waals surface area (Å²) in [7, 11) is 1.67. The first-order valence-electron chi connectivity index (χ1n) is 5.88. The fourth-order valence-electron chi connectivity index (χ4n) is 2.25. The number of benzene rings is 1. The summed E-state index contributed by atoms with van der Waals surface area (Å²) in [6.07, 6.45) is 3.22. The zero-order valence-corrected chi connectivity index (χ0v) is 9.78. The lowest BCUT2D eigenvalue weighted by Gasteiger charge is -2.19. The topological polar surface area (TPSA) is 32.7 Å². The van der Waals surface area contributed by atoms with Crippen LogP contribution in [0.5, 0.6) is 5.75 Å². The Hall–Kier alpha value is -1.22. The Labute approximate surface area is 96.6 Å². The molecule has 1 saturated heterocycles. The van der Waals surface area contributed by atoms with Crippen LogP contribution in [-0.2, 0) is 6.42 Å². The lowest BCUT2D eigenvalue weighted by atomic mass is 10.1. The molecule has 0 saturated carbocycles. The molecule has 3 nitrogen and oxygen atoms in total. The molecule has 1 heterocycles. The highest BCUT2D eigenvalue weighted by Crippen LogP contribution is 2.27. The summed E-state index contributed by atoms with van der Waals surface area (Å²) >= 11 is 0. The Balaban J connectivity index is 2.23. The van der Waals surface area contributed by atoms with E-state index in [9.17, 15) is 0 Å². The third-order valence-electron chi connectivity index (χ3n) is 3.12. The fourth-order valence-corrected chi connectivity index (χ4v) is 2.25. The van der Waals surface area contributed by atoms with Gasteiger partial charge in [0.1, 0.15) is 5.75 Å². The van der Waals surface area contributed by atoms with Crippen LogP contribution < -0.4 is 9.64 Å². The van der Waals surface area contributed by atoms with Gasteiger partial charge in [-0.15, -0.1) is 0 Å². The molecule has 1 aliphatic rings. The van der Waals surface area contributed by atoms with Gasteiger partial charge in [-0.3, -0.25) is 0 Å². The van der Waals surface area contributed by atoms with Crippen molar-refractivity contribution in [1.29, 1.82) is 0 Å². The highest BCUT2D eigenvalue weighted by molar-refractivity contribution is 5.53. The summed E-state index contributed by atoms with van der Waals surface area (Å²) in [5, 5.41) is 9.03. The molecule has 0 aliphatic carbocycles. The van der Waals surface area contributed by atoms with Gasteiger partial charge in [0.25, 0.3) is 0 Å². The molecule has 3 heteroatoms. The van der Waals surface area contributed by atoms with Gasteiger partial charge in [-0.25, -0.2) is 0 Å². The molecule has 0 unspecified atom stereocenters. The first-order valence-corrected chi connectivity index (χ1v) is 5.88. The van der Waals surface area contributed by atoms with Crippen LogP contribution in [0.15, 0.2) is 18.2 Å². The van der Waals surface area contributed by atoms with Crippen molar-refractivity contribution in [1.82, 2.24) is 0 Å². The summed E-state index contributed by atoms with van der Waals surface area (Å²) in [5.74, 6) is 0.872. The van der Waals surface area contributed by atoms with E-state index in [0.29, 0.717) is 6.42 Å². The number of nitrogens with zero attached hydrogens (tertiary/aromatic N) is 1. The third kappa shape index (κ3) is 2.30. The molecular formula is C13H19NO2. The standard InChI is InChI=1S/C13H19NO2/c1-16-13-5-4-12(10-11(13)6-9-15)14-7-2-3-8-14/h4-5,10,15H,2-3,6-9H2,1H3. The van der Waals surface area contributed by atoms with E-state index in [2.05, 4.69) is 17.0 Å². The van der Waals surface area contributed by atoms with E-state index in [1.807, 2.05) is 6.07 Å². The lowest BCUT2D eigenvalue weighted by Crippen LogP contribution is -2.17. The van der Waals surface area contributed by atoms with Crippen LogP contribution in [0, 0.1) is 0 Å². The van der Waals surface area contributed by atoms with Gasteiger partial charge in [-0.05, 0) is 43.0 Å². The second-order valence-corrected chi connectivity index (χ2v) is 4.16. The predicted molar refractivity (Wildman–Crippen MR) is 65.2 cm³/mol. The molecule has 1 aliphatic heterocycles. The number of aliphatic hydroxyl groups is 1. The quantitative estimate of drug-likeness (QED) is 0.842. The highest BCUT2D eigenvalue weighted by atomic mass is 16.5. The number of anilines is 1. The van der Waals surface area contributed by atoms with Gasteiger partial charge in [0, 0.05) is 25.4 Å². The average Bonchev–Trinajstić information content (AvgIpc) is 2.83. The molecular weight excluding hydrogens is 202 g/mol. The summed E-state index contributed by atoms with van der Waals surface area (Å²) < 4.78 is 5.29. The van der Waals surface area contributed by atoms with Crippen molar-refractivity contribution in [2.75, 3.05) is 31.7 Å². The van der Waals surface area contributed by atoms with Crippen molar-refractivity contribution in [3.05, 3.63) is 23.8 Å². The van der Waals surface area contributed by atoms with E-state index in [1.54, 1.807) is 7.11 Å². The molecule has 16 heavy (non-hydrogen) atoms. The van der Waals surface area contributed by atoms with Crippen LogP contribution in [0.25, 0.3) is 0 Å². The molecule has 1 N–H and O–H groups in total. The zero-order valence-electron chi connectivity index (χ0n) is 9.78. The number of ether oxygens (including phenoxy) is 1. The SMILES string of the molecule is COc1ccc(N2CCCC2)cc1CCO. The second-order valence-electron chi connectivity index (χ2n) is 4.16. The normalized spacial score (nSPS) is 15.5. The van der Waals surface area contributed by atoms with Gasteiger partial charge in [0.15, 0.2) is 0 Å². The van der Waals surface area contributed by atoms with Crippen LogP contribution >= 0.6 is 0 Å². The van der Waals surface area contributed by atoms with Crippen molar-refractivity contribution in [2.45, 2.75) is 19.3 Å². The molecule has 2 rings (SSSR count). The number of hydrogen-bond donors (Lipinski definition) is 1. The minimum absolute atomic E-state index is 0.166. The maximum atomic E-state index is 9.03. The first kappa shape index (κ1) is 11.3. The zero-order chi connectivity index (χ0) is 11.4. The Morgan fingerprint density at radius 1 is 1.31 bits per heavy atom. The highest BCUT2D eigenvalue weighted by Gasteiger charge is 2.13. The van der Waals surface area contributed by atoms with E-state index in [-0.39, 0.29) is 6.61 Å². The van der Waals surface area contributed by atoms with Gasteiger partial charge in [0.05, 0.1) is 7.11 Å². The van der Waals surface area contributed by atoms with Crippen molar-refractivity contribution < 1.29 is 9.84 Å². The largest absolute Gasteiger partial charge is 0.496 e. The molecule has 0 aromatic heterocycles. The minimum atomic E-state index is 0.166. The van der Waals surface area contributed by atoms with E-state index in [0.717, 1.165) is 24.4 Å². The number of rotatable bonds is 4. The molecule has 1 fully saturated rings. The Bertz CT molecular complexity index is 346. The smallest absolute Gasteiger partial charge is 0.122 e. The van der Waals surface area contributed by atoms with Gasteiger partial charge in [-0.1, -0.05) is 0 Å². The number of hydrogen-bond acceptors (Lipinski definition) is 3. The summed E-state index contributed by atoms with van der Waals surface area (Å²) in [5.41, 5.74) is 2.34. The molecule has 0 amide bonds. The summed E-state index contributed by atoms with van der Waals surface area (Å²) in [4.78, 5) is 2.39. The van der Waals surface area contributed by atoms with E-state index >= 15 is 0 Å². The Morgan fingerprint density at radius 3 is 2.69 bits per heavy atom. The number of methoxy groups -OCH3 is 1. The van der Waals surface area contributed by atoms with Crippen LogP contribution in [0.1, 0.15) is 18.4 Å². The first-order chi connectivity index (χ1) is 7.85. The van der Waals surface area contributed by atoms with E-state index in [1.165, 1.54) is 18.5 Å². The minimum Gasteiger partial charge on any atom is -0.496 e. The van der Waals surface area contributed by atoms with Crippen molar-refractivity contribution in [2.24, 2.45) is 0 Å². The monoisotopic (exact) mass is 221 g/mol. The maximum absolute atomic E-state index is 9.03. The van der Waals surface area contributed by atoms with Gasteiger partial charge >= 0.3 is 0 Å². The van der Waals surface area contributed by atoms with Gasteiger partial charge < -0.3 is 14.7 Å². The van der Waals surface area contributed by atoms with Gasteiger partial charge in [0.2, 0.25) is 0 Å².